The number of aromatic nitrogens is 2. The highest BCUT2D eigenvalue weighted by molar-refractivity contribution is 7.99. The molecule has 4 rings (SSSR count). The van der Waals surface area contributed by atoms with Gasteiger partial charge in [0, 0.05) is 11.8 Å². The minimum atomic E-state index is -3.73. The van der Waals surface area contributed by atoms with Gasteiger partial charge >= 0.3 is 6.29 Å². The summed E-state index contributed by atoms with van der Waals surface area (Å²) in [5.41, 5.74) is 0.409. The van der Waals surface area contributed by atoms with E-state index in [1.54, 1.807) is 6.07 Å². The van der Waals surface area contributed by atoms with E-state index in [4.69, 9.17) is 4.42 Å². The fourth-order valence-corrected chi connectivity index (χ4v) is 2.93. The molecule has 1 aliphatic rings. The highest BCUT2D eigenvalue weighted by Crippen LogP contribution is 2.42. The van der Waals surface area contributed by atoms with E-state index in [1.165, 1.54) is 36.4 Å². The molecule has 0 bridgehead atoms. The zero-order chi connectivity index (χ0) is 19.7. The van der Waals surface area contributed by atoms with Gasteiger partial charge < -0.3 is 19.2 Å². The second-order valence-electron chi connectivity index (χ2n) is 5.52. The van der Waals surface area contributed by atoms with Gasteiger partial charge in [0.2, 0.25) is 5.91 Å². The van der Waals surface area contributed by atoms with Crippen LogP contribution >= 0.6 is 11.8 Å². The van der Waals surface area contributed by atoms with Gasteiger partial charge in [-0.3, -0.25) is 4.79 Å². The van der Waals surface area contributed by atoms with E-state index in [-0.39, 0.29) is 39.6 Å². The summed E-state index contributed by atoms with van der Waals surface area (Å²) in [4.78, 5) is 12.0. The summed E-state index contributed by atoms with van der Waals surface area (Å²) in [5, 5.41) is 10.1. The van der Waals surface area contributed by atoms with Crippen molar-refractivity contribution >= 4 is 23.4 Å². The van der Waals surface area contributed by atoms with Gasteiger partial charge in [-0.2, -0.15) is 0 Å². The first-order valence-corrected chi connectivity index (χ1v) is 8.79. The van der Waals surface area contributed by atoms with E-state index in [9.17, 15) is 18.0 Å². The third kappa shape index (κ3) is 3.88. The van der Waals surface area contributed by atoms with Gasteiger partial charge in [0.15, 0.2) is 11.5 Å². The number of nitrogens with zero attached hydrogens (tertiary/aromatic N) is 2. The molecule has 3 aromatic rings. The molecule has 2 heterocycles. The number of benzene rings is 2. The zero-order valence-corrected chi connectivity index (χ0v) is 14.6. The number of halogens is 3. The highest BCUT2D eigenvalue weighted by Gasteiger charge is 2.43. The van der Waals surface area contributed by atoms with E-state index in [1.807, 2.05) is 0 Å². The van der Waals surface area contributed by atoms with Crippen molar-refractivity contribution in [2.75, 3.05) is 11.1 Å². The van der Waals surface area contributed by atoms with Crippen LogP contribution in [0.3, 0.4) is 0 Å². The molecule has 0 unspecified atom stereocenters. The Bertz CT molecular complexity index is 1040. The van der Waals surface area contributed by atoms with Crippen molar-refractivity contribution < 1.29 is 31.9 Å². The van der Waals surface area contributed by atoms with Crippen molar-refractivity contribution in [2.45, 2.75) is 11.5 Å². The number of hydrogen-bond acceptors (Lipinski definition) is 7. The molecular weight excluding hydrogens is 399 g/mol. The molecular formula is C17H10F3N3O4S. The Hall–Kier alpha value is -3.21. The van der Waals surface area contributed by atoms with Crippen molar-refractivity contribution in [3.8, 4) is 23.0 Å². The summed E-state index contributed by atoms with van der Waals surface area (Å²) in [7, 11) is 0. The number of carbonyl (C=O) groups excluding carboxylic acids is 1. The molecule has 1 amide bonds. The van der Waals surface area contributed by atoms with E-state index in [2.05, 4.69) is 25.0 Å². The van der Waals surface area contributed by atoms with E-state index in [0.29, 0.717) is 0 Å². The number of anilines is 1. The Morgan fingerprint density at radius 3 is 2.71 bits per heavy atom. The largest absolute Gasteiger partial charge is 0.586 e. The molecule has 0 aliphatic carbocycles. The number of ether oxygens (including phenoxy) is 2. The van der Waals surface area contributed by atoms with Gasteiger partial charge in [0.1, 0.15) is 5.82 Å². The fourth-order valence-electron chi connectivity index (χ4n) is 2.36. The molecule has 0 saturated carbocycles. The molecule has 0 saturated heterocycles. The summed E-state index contributed by atoms with van der Waals surface area (Å²) in [6.07, 6.45) is -3.73. The Kier molecular flexibility index (Phi) is 4.59. The standard InChI is InChI=1S/C17H10F3N3O4S/c18-11-4-2-1-3-10(11)15-22-23-16(25-15)28-8-14(24)21-9-5-6-12-13(7-9)27-17(19,20)26-12/h1-7H,8H2,(H,21,24). The third-order valence-electron chi connectivity index (χ3n) is 3.52. The molecule has 28 heavy (non-hydrogen) atoms. The van der Waals surface area contributed by atoms with Crippen LogP contribution in [0.25, 0.3) is 11.5 Å². The van der Waals surface area contributed by atoms with E-state index >= 15 is 0 Å². The van der Waals surface area contributed by atoms with Crippen molar-refractivity contribution in [2.24, 2.45) is 0 Å². The molecule has 1 N–H and O–H groups in total. The molecule has 1 aromatic heterocycles. The molecule has 7 nitrogen and oxygen atoms in total. The lowest BCUT2D eigenvalue weighted by Crippen LogP contribution is -2.25. The molecule has 1 aliphatic heterocycles. The summed E-state index contributed by atoms with van der Waals surface area (Å²) >= 11 is 0.944. The first-order chi connectivity index (χ1) is 13.4. The Labute approximate surface area is 159 Å². The van der Waals surface area contributed by atoms with Gasteiger partial charge in [-0.1, -0.05) is 23.9 Å². The van der Waals surface area contributed by atoms with Crippen molar-refractivity contribution in [1.29, 1.82) is 0 Å². The highest BCUT2D eigenvalue weighted by atomic mass is 32.2. The van der Waals surface area contributed by atoms with Crippen molar-refractivity contribution in [3.63, 3.8) is 0 Å². The molecule has 2 aromatic carbocycles. The SMILES string of the molecule is O=C(CSc1nnc(-c2ccccc2F)o1)Nc1ccc2c(c1)OC(F)(F)O2. The minimum Gasteiger partial charge on any atom is -0.411 e. The minimum absolute atomic E-state index is 0.00212. The molecule has 0 atom stereocenters. The second-order valence-corrected chi connectivity index (χ2v) is 6.45. The van der Waals surface area contributed by atoms with Crippen molar-refractivity contribution in [1.82, 2.24) is 10.2 Å². The number of amides is 1. The van der Waals surface area contributed by atoms with E-state index < -0.39 is 18.0 Å². The Balaban J connectivity index is 1.35. The molecule has 0 spiro atoms. The monoisotopic (exact) mass is 409 g/mol. The fraction of sp³-hybridized carbons (Fsp3) is 0.118. The van der Waals surface area contributed by atoms with Crippen LogP contribution in [0.15, 0.2) is 52.1 Å². The Morgan fingerprint density at radius 1 is 1.11 bits per heavy atom. The maximum Gasteiger partial charge on any atom is 0.586 e. The molecule has 0 radical (unpaired) electrons. The number of hydrogen-bond donors (Lipinski definition) is 1. The topological polar surface area (TPSA) is 86.5 Å². The van der Waals surface area contributed by atoms with Crippen LogP contribution < -0.4 is 14.8 Å². The number of fused-ring (bicyclic) bond motifs is 1. The van der Waals surface area contributed by atoms with E-state index in [0.717, 1.165) is 11.8 Å². The maximum atomic E-state index is 13.7. The number of carbonyl (C=O) groups is 1. The quantitative estimate of drug-likeness (QED) is 0.639. The van der Waals surface area contributed by atoms with Crippen LogP contribution in [0.1, 0.15) is 0 Å². The maximum absolute atomic E-state index is 13.7. The number of nitrogens with one attached hydrogen (secondary N) is 1. The first kappa shape index (κ1) is 18.2. The summed E-state index contributed by atoms with van der Waals surface area (Å²) in [6.45, 7) is 0. The average molecular weight is 409 g/mol. The van der Waals surface area contributed by atoms with Gasteiger partial charge in [0.05, 0.1) is 11.3 Å². The van der Waals surface area contributed by atoms with Gasteiger partial charge in [-0.25, -0.2) is 4.39 Å². The van der Waals surface area contributed by atoms with Crippen LogP contribution in [0.2, 0.25) is 0 Å². The summed E-state index contributed by atoms with van der Waals surface area (Å²) in [6, 6.07) is 9.80. The summed E-state index contributed by atoms with van der Waals surface area (Å²) in [5.74, 6) is -1.35. The zero-order valence-electron chi connectivity index (χ0n) is 13.8. The summed E-state index contributed by atoms with van der Waals surface area (Å²) < 4.78 is 53.7. The lowest BCUT2D eigenvalue weighted by Gasteiger charge is -2.05. The van der Waals surface area contributed by atoms with Crippen LogP contribution in [0, 0.1) is 5.82 Å². The molecule has 0 fully saturated rings. The predicted octanol–water partition coefficient (Wildman–Crippen LogP) is 3.93. The lowest BCUT2D eigenvalue weighted by molar-refractivity contribution is -0.286. The van der Waals surface area contributed by atoms with Crippen LogP contribution in [-0.2, 0) is 4.79 Å². The van der Waals surface area contributed by atoms with Crippen LogP contribution in [0.4, 0.5) is 18.9 Å². The van der Waals surface area contributed by atoms with Gasteiger partial charge in [-0.15, -0.1) is 19.0 Å². The van der Waals surface area contributed by atoms with Crippen LogP contribution in [0.5, 0.6) is 11.5 Å². The third-order valence-corrected chi connectivity index (χ3v) is 4.34. The molecule has 11 heteroatoms. The lowest BCUT2D eigenvalue weighted by atomic mass is 10.2. The number of rotatable bonds is 5. The normalized spacial score (nSPS) is 14.1. The number of alkyl halides is 2. The first-order valence-electron chi connectivity index (χ1n) is 7.80. The van der Waals surface area contributed by atoms with Gasteiger partial charge in [0.25, 0.3) is 11.1 Å². The second kappa shape index (κ2) is 7.08. The predicted molar refractivity (Wildman–Crippen MR) is 91.7 cm³/mol. The average Bonchev–Trinajstić information content (AvgIpc) is 3.22. The van der Waals surface area contributed by atoms with Gasteiger partial charge in [-0.05, 0) is 24.3 Å². The van der Waals surface area contributed by atoms with Crippen molar-refractivity contribution in [3.05, 3.63) is 48.3 Å². The number of thioether (sulfide) groups is 1. The molecule has 144 valence electrons. The van der Waals surface area contributed by atoms with Crippen LogP contribution in [-0.4, -0.2) is 28.2 Å². The Morgan fingerprint density at radius 2 is 1.89 bits per heavy atom. The smallest absolute Gasteiger partial charge is 0.411 e.